The Morgan fingerprint density at radius 1 is 1.14 bits per heavy atom. The Hall–Kier alpha value is -2.77. The third kappa shape index (κ3) is 7.63. The first-order valence-corrected chi connectivity index (χ1v) is 9.83. The lowest BCUT2D eigenvalue weighted by Crippen LogP contribution is -2.50. The van der Waals surface area contributed by atoms with Crippen LogP contribution in [-0.2, 0) is 20.9 Å². The second kappa shape index (κ2) is 10.1. The Labute approximate surface area is 171 Å². The van der Waals surface area contributed by atoms with Crippen molar-refractivity contribution in [2.45, 2.75) is 58.3 Å². The quantitative estimate of drug-likeness (QED) is 0.777. The summed E-state index contributed by atoms with van der Waals surface area (Å²) in [5.74, 6) is -0.972. The maximum atomic E-state index is 12.6. The highest BCUT2D eigenvalue weighted by atomic mass is 16.6. The van der Waals surface area contributed by atoms with Crippen LogP contribution in [0.25, 0.3) is 0 Å². The fourth-order valence-corrected chi connectivity index (χ4v) is 3.13. The molecule has 0 saturated carbocycles. The van der Waals surface area contributed by atoms with E-state index in [1.807, 2.05) is 30.3 Å². The molecule has 0 bridgehead atoms. The first-order chi connectivity index (χ1) is 13.7. The highest BCUT2D eigenvalue weighted by Gasteiger charge is 2.32. The number of carbonyl (C=O) groups is 3. The van der Waals surface area contributed by atoms with E-state index in [1.54, 1.807) is 25.7 Å². The molecule has 1 N–H and O–H groups in total. The third-order valence-corrected chi connectivity index (χ3v) is 4.56. The highest BCUT2D eigenvalue weighted by molar-refractivity contribution is 5.71. The van der Waals surface area contributed by atoms with Crippen molar-refractivity contribution in [3.63, 3.8) is 0 Å². The fraction of sp³-hybridized carbons (Fsp3) is 0.571. The monoisotopic (exact) mass is 406 g/mol. The molecule has 160 valence electrons. The zero-order valence-electron chi connectivity index (χ0n) is 17.3. The van der Waals surface area contributed by atoms with Gasteiger partial charge in [-0.15, -0.1) is 0 Å². The number of amides is 2. The van der Waals surface area contributed by atoms with E-state index in [4.69, 9.17) is 14.6 Å². The van der Waals surface area contributed by atoms with Gasteiger partial charge in [-0.3, -0.25) is 4.79 Å². The second-order valence-electron chi connectivity index (χ2n) is 8.08. The number of rotatable bonds is 6. The summed E-state index contributed by atoms with van der Waals surface area (Å²) in [6.45, 7) is 6.47. The number of nitrogens with zero attached hydrogens (tertiary/aromatic N) is 2. The van der Waals surface area contributed by atoms with E-state index in [-0.39, 0.29) is 31.7 Å². The molecule has 2 rings (SSSR count). The molecular formula is C21H30N2O6. The minimum Gasteiger partial charge on any atom is -0.481 e. The van der Waals surface area contributed by atoms with Crippen LogP contribution in [0.15, 0.2) is 30.3 Å². The van der Waals surface area contributed by atoms with E-state index in [9.17, 15) is 14.4 Å². The van der Waals surface area contributed by atoms with Crippen LogP contribution >= 0.6 is 0 Å². The molecule has 8 nitrogen and oxygen atoms in total. The van der Waals surface area contributed by atoms with Gasteiger partial charge in [-0.2, -0.15) is 0 Å². The summed E-state index contributed by atoms with van der Waals surface area (Å²) in [7, 11) is 0. The molecule has 0 unspecified atom stereocenters. The maximum Gasteiger partial charge on any atom is 0.410 e. The maximum absolute atomic E-state index is 12.6. The first-order valence-electron chi connectivity index (χ1n) is 9.83. The Kier molecular flexibility index (Phi) is 7.87. The van der Waals surface area contributed by atoms with Gasteiger partial charge >= 0.3 is 18.2 Å². The molecule has 2 amide bonds. The van der Waals surface area contributed by atoms with E-state index in [0.717, 1.165) is 5.56 Å². The third-order valence-electron chi connectivity index (χ3n) is 4.56. The average molecular weight is 406 g/mol. The average Bonchev–Trinajstić information content (AvgIpc) is 2.66. The van der Waals surface area contributed by atoms with Crippen LogP contribution in [-0.4, -0.2) is 64.3 Å². The van der Waals surface area contributed by atoms with Crippen molar-refractivity contribution in [3.05, 3.63) is 35.9 Å². The molecule has 8 heteroatoms. The molecule has 0 spiro atoms. The van der Waals surface area contributed by atoms with Crippen molar-refractivity contribution < 1.29 is 29.0 Å². The lowest BCUT2D eigenvalue weighted by atomic mass is 10.0. The fourth-order valence-electron chi connectivity index (χ4n) is 3.13. The molecule has 0 aromatic heterocycles. The van der Waals surface area contributed by atoms with Gasteiger partial charge in [0.15, 0.2) is 0 Å². The van der Waals surface area contributed by atoms with E-state index in [1.165, 1.54) is 4.90 Å². The summed E-state index contributed by atoms with van der Waals surface area (Å²) in [5, 5.41) is 8.99. The first kappa shape index (κ1) is 22.5. The van der Waals surface area contributed by atoms with Crippen LogP contribution in [0.1, 0.15) is 45.6 Å². The van der Waals surface area contributed by atoms with Crippen LogP contribution in [0.2, 0.25) is 0 Å². The van der Waals surface area contributed by atoms with Gasteiger partial charge < -0.3 is 24.4 Å². The standard InChI is InChI=1S/C21H30N2O6/c1-21(2,3)29-20(27)23(14-11-18(24)25)17-9-12-22(13-10-17)19(26)28-15-16-7-5-4-6-8-16/h4-8,17H,9-15H2,1-3H3,(H,24,25). The second-order valence-corrected chi connectivity index (χ2v) is 8.08. The number of ether oxygens (including phenoxy) is 2. The topological polar surface area (TPSA) is 96.4 Å². The van der Waals surface area contributed by atoms with Crippen molar-refractivity contribution in [3.8, 4) is 0 Å². The number of carboxylic acids is 1. The summed E-state index contributed by atoms with van der Waals surface area (Å²) in [4.78, 5) is 38.9. The van der Waals surface area contributed by atoms with Gasteiger partial charge in [-0.05, 0) is 39.2 Å². The normalized spacial score (nSPS) is 14.9. The molecule has 1 fully saturated rings. The highest BCUT2D eigenvalue weighted by Crippen LogP contribution is 2.21. The number of carbonyl (C=O) groups excluding carboxylic acids is 2. The van der Waals surface area contributed by atoms with E-state index in [2.05, 4.69) is 0 Å². The molecule has 1 aromatic rings. The summed E-state index contributed by atoms with van der Waals surface area (Å²) < 4.78 is 10.8. The van der Waals surface area contributed by atoms with Crippen molar-refractivity contribution in [1.29, 1.82) is 0 Å². The molecule has 1 heterocycles. The van der Waals surface area contributed by atoms with Crippen LogP contribution in [0.3, 0.4) is 0 Å². The molecule has 1 saturated heterocycles. The van der Waals surface area contributed by atoms with Crippen molar-refractivity contribution >= 4 is 18.2 Å². The minimum absolute atomic E-state index is 0.0768. The minimum atomic E-state index is -0.972. The van der Waals surface area contributed by atoms with E-state index in [0.29, 0.717) is 25.9 Å². The Balaban J connectivity index is 1.89. The summed E-state index contributed by atoms with van der Waals surface area (Å²) in [6.07, 6.45) is 0.0162. The predicted molar refractivity (Wildman–Crippen MR) is 106 cm³/mol. The molecule has 0 radical (unpaired) electrons. The van der Waals surface area contributed by atoms with E-state index >= 15 is 0 Å². The van der Waals surface area contributed by atoms with Gasteiger partial charge in [0.25, 0.3) is 0 Å². The Morgan fingerprint density at radius 2 is 1.76 bits per heavy atom. The zero-order valence-corrected chi connectivity index (χ0v) is 17.3. The summed E-state index contributed by atoms with van der Waals surface area (Å²) in [5.41, 5.74) is 0.251. The predicted octanol–water partition coefficient (Wildman–Crippen LogP) is 3.50. The zero-order chi connectivity index (χ0) is 21.4. The molecular weight excluding hydrogens is 376 g/mol. The number of hydrogen-bond donors (Lipinski definition) is 1. The van der Waals surface area contributed by atoms with Gasteiger partial charge in [-0.25, -0.2) is 9.59 Å². The molecule has 0 atom stereocenters. The number of likely N-dealkylation sites (tertiary alicyclic amines) is 1. The number of hydrogen-bond acceptors (Lipinski definition) is 5. The lowest BCUT2D eigenvalue weighted by molar-refractivity contribution is -0.137. The van der Waals surface area contributed by atoms with Crippen LogP contribution in [0.5, 0.6) is 0 Å². The molecule has 1 aliphatic heterocycles. The Morgan fingerprint density at radius 3 is 2.31 bits per heavy atom. The van der Waals surface area contributed by atoms with Crippen molar-refractivity contribution in [1.82, 2.24) is 9.80 Å². The molecule has 1 aromatic carbocycles. The van der Waals surface area contributed by atoms with E-state index < -0.39 is 17.7 Å². The van der Waals surface area contributed by atoms with Gasteiger partial charge in [-0.1, -0.05) is 30.3 Å². The summed E-state index contributed by atoms with van der Waals surface area (Å²) in [6, 6.07) is 9.27. The summed E-state index contributed by atoms with van der Waals surface area (Å²) >= 11 is 0. The van der Waals surface area contributed by atoms with Gasteiger partial charge in [0.2, 0.25) is 0 Å². The molecule has 29 heavy (non-hydrogen) atoms. The number of piperidine rings is 1. The van der Waals surface area contributed by atoms with Crippen molar-refractivity contribution in [2.24, 2.45) is 0 Å². The van der Waals surface area contributed by atoms with Crippen LogP contribution in [0, 0.1) is 0 Å². The largest absolute Gasteiger partial charge is 0.481 e. The number of benzene rings is 1. The van der Waals surface area contributed by atoms with Gasteiger partial charge in [0.1, 0.15) is 12.2 Å². The lowest BCUT2D eigenvalue weighted by Gasteiger charge is -2.38. The SMILES string of the molecule is CC(C)(C)OC(=O)N(CCC(=O)O)C1CCN(C(=O)OCc2ccccc2)CC1. The van der Waals surface area contributed by atoms with Gasteiger partial charge in [0.05, 0.1) is 6.42 Å². The smallest absolute Gasteiger partial charge is 0.410 e. The van der Waals surface area contributed by atoms with Gasteiger partial charge in [0, 0.05) is 25.7 Å². The van der Waals surface area contributed by atoms with Crippen LogP contribution < -0.4 is 0 Å². The molecule has 0 aliphatic carbocycles. The molecule has 1 aliphatic rings. The van der Waals surface area contributed by atoms with Crippen molar-refractivity contribution in [2.75, 3.05) is 19.6 Å². The number of carboxylic acid groups (broad SMARTS) is 1. The number of aliphatic carboxylic acids is 1. The van der Waals surface area contributed by atoms with Crippen LogP contribution in [0.4, 0.5) is 9.59 Å². The Bertz CT molecular complexity index is 693.